The van der Waals surface area contributed by atoms with Gasteiger partial charge in [0, 0.05) is 0 Å². The van der Waals surface area contributed by atoms with Crippen molar-refractivity contribution in [1.82, 2.24) is 9.97 Å². The lowest BCUT2D eigenvalue weighted by Gasteiger charge is -2.14. The van der Waals surface area contributed by atoms with Gasteiger partial charge in [-0.2, -0.15) is 0 Å². The van der Waals surface area contributed by atoms with Gasteiger partial charge < -0.3 is 26.8 Å². The first kappa shape index (κ1) is 12.8. The standard InChI is InChI=1S/C8H10N4O5/c9-6-3(8(16)17)12-2(1-11-6)4(13)5(14)7(10)15/h1,4-5,13-14H,(H2,9,11)(H2,10,15)(H,16,17). The minimum Gasteiger partial charge on any atom is -0.476 e. The Labute approximate surface area is 94.7 Å². The van der Waals surface area contributed by atoms with Crippen molar-refractivity contribution in [3.05, 3.63) is 17.6 Å². The summed E-state index contributed by atoms with van der Waals surface area (Å²) in [4.78, 5) is 28.2. The van der Waals surface area contributed by atoms with E-state index in [1.165, 1.54) is 0 Å². The number of carbonyl (C=O) groups is 2. The Balaban J connectivity index is 3.11. The van der Waals surface area contributed by atoms with Crippen LogP contribution in [0.5, 0.6) is 0 Å². The van der Waals surface area contributed by atoms with Crippen LogP contribution in [0.3, 0.4) is 0 Å². The van der Waals surface area contributed by atoms with E-state index in [0.29, 0.717) is 0 Å². The number of primary amides is 1. The number of carboxylic acids is 1. The van der Waals surface area contributed by atoms with Gasteiger partial charge in [-0.25, -0.2) is 14.8 Å². The fraction of sp³-hybridized carbons (Fsp3) is 0.250. The van der Waals surface area contributed by atoms with Crippen LogP contribution in [-0.4, -0.2) is 43.3 Å². The SMILES string of the molecule is NC(=O)C(O)C(O)c1cnc(N)c(C(=O)O)n1. The van der Waals surface area contributed by atoms with E-state index < -0.39 is 29.8 Å². The Morgan fingerprint density at radius 1 is 1.35 bits per heavy atom. The monoisotopic (exact) mass is 242 g/mol. The average molecular weight is 242 g/mol. The van der Waals surface area contributed by atoms with Gasteiger partial charge in [0.15, 0.2) is 17.6 Å². The van der Waals surface area contributed by atoms with E-state index in [2.05, 4.69) is 9.97 Å². The second-order valence-corrected chi connectivity index (χ2v) is 3.13. The zero-order valence-corrected chi connectivity index (χ0v) is 8.44. The van der Waals surface area contributed by atoms with Crippen LogP contribution in [0, 0.1) is 0 Å². The van der Waals surface area contributed by atoms with Crippen LogP contribution in [0.4, 0.5) is 5.82 Å². The molecule has 17 heavy (non-hydrogen) atoms. The molecule has 0 fully saturated rings. The van der Waals surface area contributed by atoms with E-state index in [1.807, 2.05) is 0 Å². The number of rotatable bonds is 4. The maximum atomic E-state index is 10.7. The highest BCUT2D eigenvalue weighted by Crippen LogP contribution is 2.16. The summed E-state index contributed by atoms with van der Waals surface area (Å²) in [5.41, 5.74) is 9.10. The molecule has 9 heteroatoms. The molecule has 1 aromatic heterocycles. The quantitative estimate of drug-likeness (QED) is 0.389. The van der Waals surface area contributed by atoms with Crippen molar-refractivity contribution in [3.8, 4) is 0 Å². The van der Waals surface area contributed by atoms with E-state index >= 15 is 0 Å². The minimum absolute atomic E-state index is 0.317. The molecule has 92 valence electrons. The van der Waals surface area contributed by atoms with Crippen molar-refractivity contribution in [2.75, 3.05) is 5.73 Å². The fourth-order valence-corrected chi connectivity index (χ4v) is 1.03. The summed E-state index contributed by atoms with van der Waals surface area (Å²) in [5, 5.41) is 27.3. The number of hydrogen-bond acceptors (Lipinski definition) is 7. The largest absolute Gasteiger partial charge is 0.476 e. The molecule has 0 aliphatic heterocycles. The van der Waals surface area contributed by atoms with Crippen molar-refractivity contribution >= 4 is 17.7 Å². The van der Waals surface area contributed by atoms with E-state index in [1.54, 1.807) is 0 Å². The van der Waals surface area contributed by atoms with Crippen molar-refractivity contribution in [3.63, 3.8) is 0 Å². The lowest BCUT2D eigenvalue weighted by molar-refractivity contribution is -0.132. The molecule has 7 N–H and O–H groups in total. The number of aliphatic hydroxyl groups is 2. The molecule has 0 saturated carbocycles. The molecular weight excluding hydrogens is 232 g/mol. The number of nitrogen functional groups attached to an aromatic ring is 1. The number of hydrogen-bond donors (Lipinski definition) is 5. The van der Waals surface area contributed by atoms with E-state index in [4.69, 9.17) is 16.6 Å². The number of carboxylic acid groups (broad SMARTS) is 1. The third kappa shape index (κ3) is 2.65. The predicted octanol–water partition coefficient (Wildman–Crippen LogP) is -2.36. The molecule has 1 amide bonds. The van der Waals surface area contributed by atoms with Crippen molar-refractivity contribution in [2.24, 2.45) is 5.73 Å². The molecule has 0 aliphatic rings. The normalized spacial score (nSPS) is 14.0. The highest BCUT2D eigenvalue weighted by Gasteiger charge is 2.26. The number of anilines is 1. The van der Waals surface area contributed by atoms with Crippen molar-refractivity contribution < 1.29 is 24.9 Å². The summed E-state index contributed by atoms with van der Waals surface area (Å²) in [7, 11) is 0. The van der Waals surface area contributed by atoms with Crippen LogP contribution >= 0.6 is 0 Å². The highest BCUT2D eigenvalue weighted by atomic mass is 16.4. The van der Waals surface area contributed by atoms with Gasteiger partial charge in [-0.05, 0) is 0 Å². The first-order chi connectivity index (χ1) is 7.84. The Hall–Kier alpha value is -2.26. The zero-order valence-electron chi connectivity index (χ0n) is 8.44. The molecule has 9 nitrogen and oxygen atoms in total. The number of nitrogens with two attached hydrogens (primary N) is 2. The molecule has 0 radical (unpaired) electrons. The third-order valence-corrected chi connectivity index (χ3v) is 1.92. The lowest BCUT2D eigenvalue weighted by Crippen LogP contribution is -2.34. The molecule has 1 rings (SSSR count). The number of aromatic nitrogens is 2. The van der Waals surface area contributed by atoms with Gasteiger partial charge in [-0.1, -0.05) is 0 Å². The Morgan fingerprint density at radius 3 is 2.41 bits per heavy atom. The van der Waals surface area contributed by atoms with Gasteiger partial charge in [-0.15, -0.1) is 0 Å². The van der Waals surface area contributed by atoms with Gasteiger partial charge in [0.25, 0.3) is 0 Å². The summed E-state index contributed by atoms with van der Waals surface area (Å²) in [6, 6.07) is 0. The first-order valence-corrected chi connectivity index (χ1v) is 4.35. The Morgan fingerprint density at radius 2 is 1.94 bits per heavy atom. The molecule has 1 aromatic rings. The van der Waals surface area contributed by atoms with E-state index in [9.17, 15) is 19.8 Å². The van der Waals surface area contributed by atoms with Crippen LogP contribution in [0.15, 0.2) is 6.20 Å². The van der Waals surface area contributed by atoms with Crippen molar-refractivity contribution in [2.45, 2.75) is 12.2 Å². The average Bonchev–Trinajstić information content (AvgIpc) is 2.27. The third-order valence-electron chi connectivity index (χ3n) is 1.92. The maximum Gasteiger partial charge on any atom is 0.358 e. The predicted molar refractivity (Wildman–Crippen MR) is 53.6 cm³/mol. The number of carbonyl (C=O) groups excluding carboxylic acids is 1. The molecule has 0 aromatic carbocycles. The lowest BCUT2D eigenvalue weighted by atomic mass is 10.1. The van der Waals surface area contributed by atoms with Gasteiger partial charge >= 0.3 is 5.97 Å². The zero-order chi connectivity index (χ0) is 13.2. The highest BCUT2D eigenvalue weighted by molar-refractivity contribution is 5.90. The fourth-order valence-electron chi connectivity index (χ4n) is 1.03. The molecule has 2 atom stereocenters. The summed E-state index contributed by atoms with van der Waals surface area (Å²) in [6.45, 7) is 0. The number of nitrogens with zero attached hydrogens (tertiary/aromatic N) is 2. The van der Waals surface area contributed by atoms with Gasteiger partial charge in [-0.3, -0.25) is 4.79 Å². The van der Waals surface area contributed by atoms with Gasteiger partial charge in [0.1, 0.15) is 6.10 Å². The summed E-state index contributed by atoms with van der Waals surface area (Å²) in [5.74, 6) is -2.97. The van der Waals surface area contributed by atoms with E-state index in [-0.39, 0.29) is 11.5 Å². The summed E-state index contributed by atoms with van der Waals surface area (Å²) in [6.07, 6.45) is -2.73. The first-order valence-electron chi connectivity index (χ1n) is 4.35. The topological polar surface area (TPSA) is 173 Å². The smallest absolute Gasteiger partial charge is 0.358 e. The molecule has 0 spiro atoms. The van der Waals surface area contributed by atoms with Crippen LogP contribution in [-0.2, 0) is 4.79 Å². The minimum atomic E-state index is -1.91. The Kier molecular flexibility index (Phi) is 3.55. The van der Waals surface area contributed by atoms with Crippen LogP contribution in [0.25, 0.3) is 0 Å². The molecule has 0 saturated heterocycles. The number of aliphatic hydroxyl groups excluding tert-OH is 2. The number of aromatic carboxylic acids is 1. The van der Waals surface area contributed by atoms with Crippen LogP contribution in [0.1, 0.15) is 22.3 Å². The molecular formula is C8H10N4O5. The van der Waals surface area contributed by atoms with Gasteiger partial charge in [0.05, 0.1) is 11.9 Å². The van der Waals surface area contributed by atoms with Crippen LogP contribution < -0.4 is 11.5 Å². The summed E-state index contributed by atoms with van der Waals surface area (Å²) >= 11 is 0. The molecule has 0 aliphatic carbocycles. The summed E-state index contributed by atoms with van der Waals surface area (Å²) < 4.78 is 0. The molecule has 0 bridgehead atoms. The van der Waals surface area contributed by atoms with E-state index in [0.717, 1.165) is 6.20 Å². The molecule has 1 heterocycles. The van der Waals surface area contributed by atoms with Crippen LogP contribution in [0.2, 0.25) is 0 Å². The second-order valence-electron chi connectivity index (χ2n) is 3.13. The Bertz CT molecular complexity index is 463. The second kappa shape index (κ2) is 4.72. The van der Waals surface area contributed by atoms with Crippen molar-refractivity contribution in [1.29, 1.82) is 0 Å². The molecule has 2 unspecified atom stereocenters. The maximum absolute atomic E-state index is 10.7. The number of amides is 1. The van der Waals surface area contributed by atoms with Gasteiger partial charge in [0.2, 0.25) is 5.91 Å².